The summed E-state index contributed by atoms with van der Waals surface area (Å²) in [5, 5.41) is 9.60. The summed E-state index contributed by atoms with van der Waals surface area (Å²) in [6.45, 7) is 7.29. The molecule has 1 N–H and O–H groups in total. The van der Waals surface area contributed by atoms with Crippen LogP contribution >= 0.6 is 0 Å². The predicted octanol–water partition coefficient (Wildman–Crippen LogP) is 1.70. The molecular weight excluding hydrogens is 310 g/mol. The molecule has 0 aromatic heterocycles. The highest BCUT2D eigenvalue weighted by molar-refractivity contribution is 5.79. The molecule has 24 heavy (non-hydrogen) atoms. The maximum atomic E-state index is 12.4. The third-order valence-corrected chi connectivity index (χ3v) is 3.63. The minimum atomic E-state index is -0.695. The first-order valence-corrected chi connectivity index (χ1v) is 7.98. The number of carbonyl (C=O) groups excluding carboxylic acids is 2. The molecule has 0 fully saturated rings. The lowest BCUT2D eigenvalue weighted by molar-refractivity contribution is -0.147. The van der Waals surface area contributed by atoms with Crippen LogP contribution in [-0.2, 0) is 14.3 Å². The standard InChI is InChI=1S/C18H27NO5/c1-12-6-7-13(2)16(8-12)24-11-17(21)19(10-15(4)20)9-14(3)18(22)23-5/h6-8,14-15,20H,9-11H2,1-5H3. The Kier molecular flexibility index (Phi) is 7.71. The van der Waals surface area contributed by atoms with E-state index in [9.17, 15) is 14.7 Å². The zero-order valence-electron chi connectivity index (χ0n) is 15.0. The van der Waals surface area contributed by atoms with Gasteiger partial charge in [0.2, 0.25) is 0 Å². The second-order valence-corrected chi connectivity index (χ2v) is 6.13. The van der Waals surface area contributed by atoms with E-state index in [-0.39, 0.29) is 25.6 Å². The van der Waals surface area contributed by atoms with E-state index in [0.717, 1.165) is 11.1 Å². The topological polar surface area (TPSA) is 76.1 Å². The lowest BCUT2D eigenvalue weighted by atomic mass is 10.1. The molecule has 0 saturated heterocycles. The lowest BCUT2D eigenvalue weighted by Gasteiger charge is -2.26. The second-order valence-electron chi connectivity index (χ2n) is 6.13. The minimum absolute atomic E-state index is 0.135. The molecule has 0 aliphatic rings. The summed E-state index contributed by atoms with van der Waals surface area (Å²) in [5.74, 6) is -0.499. The van der Waals surface area contributed by atoms with Crippen molar-refractivity contribution in [2.45, 2.75) is 33.8 Å². The van der Waals surface area contributed by atoms with Gasteiger partial charge in [0.15, 0.2) is 6.61 Å². The Hall–Kier alpha value is -2.08. The molecule has 134 valence electrons. The van der Waals surface area contributed by atoms with Crippen molar-refractivity contribution < 1.29 is 24.2 Å². The van der Waals surface area contributed by atoms with Gasteiger partial charge in [0.05, 0.1) is 19.1 Å². The Morgan fingerprint density at radius 1 is 1.21 bits per heavy atom. The fraction of sp³-hybridized carbons (Fsp3) is 0.556. The van der Waals surface area contributed by atoms with E-state index < -0.39 is 18.0 Å². The van der Waals surface area contributed by atoms with Crippen molar-refractivity contribution in [1.29, 1.82) is 0 Å². The smallest absolute Gasteiger partial charge is 0.310 e. The van der Waals surface area contributed by atoms with Crippen molar-refractivity contribution >= 4 is 11.9 Å². The summed E-state index contributed by atoms with van der Waals surface area (Å²) in [7, 11) is 1.31. The molecule has 0 spiro atoms. The molecular formula is C18H27NO5. The first kappa shape index (κ1) is 20.0. The van der Waals surface area contributed by atoms with Gasteiger partial charge in [0, 0.05) is 13.1 Å². The Bertz CT molecular complexity index is 571. The highest BCUT2D eigenvalue weighted by Gasteiger charge is 2.23. The zero-order valence-corrected chi connectivity index (χ0v) is 15.0. The van der Waals surface area contributed by atoms with Gasteiger partial charge in [-0.15, -0.1) is 0 Å². The van der Waals surface area contributed by atoms with Gasteiger partial charge in [0.25, 0.3) is 5.91 Å². The number of aliphatic hydroxyl groups is 1. The number of nitrogens with zero attached hydrogens (tertiary/aromatic N) is 1. The van der Waals surface area contributed by atoms with Crippen molar-refractivity contribution in [2.75, 3.05) is 26.8 Å². The molecule has 0 bridgehead atoms. The van der Waals surface area contributed by atoms with Gasteiger partial charge >= 0.3 is 5.97 Å². The number of aliphatic hydroxyl groups excluding tert-OH is 1. The third kappa shape index (κ3) is 6.20. The molecule has 0 saturated carbocycles. The normalized spacial score (nSPS) is 13.1. The monoisotopic (exact) mass is 337 g/mol. The average molecular weight is 337 g/mol. The number of hydrogen-bond donors (Lipinski definition) is 1. The number of amides is 1. The number of ether oxygens (including phenoxy) is 2. The summed E-state index contributed by atoms with van der Waals surface area (Å²) in [5.41, 5.74) is 1.99. The summed E-state index contributed by atoms with van der Waals surface area (Å²) < 4.78 is 10.3. The van der Waals surface area contributed by atoms with Crippen molar-refractivity contribution in [3.8, 4) is 5.75 Å². The van der Waals surface area contributed by atoms with Crippen LogP contribution < -0.4 is 4.74 Å². The van der Waals surface area contributed by atoms with E-state index in [0.29, 0.717) is 5.75 Å². The van der Waals surface area contributed by atoms with Crippen LogP contribution in [-0.4, -0.2) is 54.8 Å². The van der Waals surface area contributed by atoms with Gasteiger partial charge < -0.3 is 19.5 Å². The van der Waals surface area contributed by atoms with Crippen LogP contribution in [0.25, 0.3) is 0 Å². The molecule has 6 nitrogen and oxygen atoms in total. The average Bonchev–Trinajstić information content (AvgIpc) is 2.53. The first-order chi connectivity index (χ1) is 11.2. The molecule has 1 aromatic carbocycles. The van der Waals surface area contributed by atoms with Gasteiger partial charge in [-0.05, 0) is 38.0 Å². The molecule has 1 rings (SSSR count). The van der Waals surface area contributed by atoms with E-state index in [1.807, 2.05) is 32.0 Å². The Morgan fingerprint density at radius 3 is 2.46 bits per heavy atom. The van der Waals surface area contributed by atoms with E-state index in [1.165, 1.54) is 12.0 Å². The Balaban J connectivity index is 2.73. The molecule has 1 aromatic rings. The highest BCUT2D eigenvalue weighted by Crippen LogP contribution is 2.19. The number of benzene rings is 1. The highest BCUT2D eigenvalue weighted by atomic mass is 16.5. The second kappa shape index (κ2) is 9.27. The molecule has 6 heteroatoms. The molecule has 0 aliphatic carbocycles. The number of carbonyl (C=O) groups is 2. The van der Waals surface area contributed by atoms with Gasteiger partial charge in [-0.2, -0.15) is 0 Å². The number of rotatable bonds is 8. The molecule has 2 atom stereocenters. The van der Waals surface area contributed by atoms with Gasteiger partial charge in [-0.3, -0.25) is 9.59 Å². The van der Waals surface area contributed by atoms with Crippen LogP contribution in [0.4, 0.5) is 0 Å². The van der Waals surface area contributed by atoms with E-state index in [1.54, 1.807) is 13.8 Å². The Labute approximate surface area is 143 Å². The SMILES string of the molecule is COC(=O)C(C)CN(CC(C)O)C(=O)COc1cc(C)ccc1C. The van der Waals surface area contributed by atoms with E-state index >= 15 is 0 Å². The summed E-state index contributed by atoms with van der Waals surface area (Å²) in [6, 6.07) is 5.78. The molecule has 0 aliphatic heterocycles. The maximum absolute atomic E-state index is 12.4. The number of hydrogen-bond acceptors (Lipinski definition) is 5. The van der Waals surface area contributed by atoms with Gasteiger partial charge in [-0.25, -0.2) is 0 Å². The van der Waals surface area contributed by atoms with E-state index in [4.69, 9.17) is 4.74 Å². The first-order valence-electron chi connectivity index (χ1n) is 7.98. The van der Waals surface area contributed by atoms with Crippen LogP contribution in [0.15, 0.2) is 18.2 Å². The van der Waals surface area contributed by atoms with Crippen LogP contribution in [0.2, 0.25) is 0 Å². The van der Waals surface area contributed by atoms with Crippen molar-refractivity contribution in [1.82, 2.24) is 4.90 Å². The summed E-state index contributed by atoms with van der Waals surface area (Å²) >= 11 is 0. The minimum Gasteiger partial charge on any atom is -0.483 e. The van der Waals surface area contributed by atoms with Gasteiger partial charge in [-0.1, -0.05) is 19.1 Å². The van der Waals surface area contributed by atoms with Gasteiger partial charge in [0.1, 0.15) is 5.75 Å². The number of methoxy groups -OCH3 is 1. The van der Waals surface area contributed by atoms with E-state index in [2.05, 4.69) is 4.74 Å². The molecule has 1 amide bonds. The molecule has 0 radical (unpaired) electrons. The van der Waals surface area contributed by atoms with Crippen LogP contribution in [0.1, 0.15) is 25.0 Å². The summed E-state index contributed by atoms with van der Waals surface area (Å²) in [4.78, 5) is 25.4. The third-order valence-electron chi connectivity index (χ3n) is 3.63. The Morgan fingerprint density at radius 2 is 1.88 bits per heavy atom. The molecule has 0 heterocycles. The predicted molar refractivity (Wildman–Crippen MR) is 90.9 cm³/mol. The van der Waals surface area contributed by atoms with Crippen LogP contribution in [0.5, 0.6) is 5.75 Å². The summed E-state index contributed by atoms with van der Waals surface area (Å²) in [6.07, 6.45) is -0.695. The largest absolute Gasteiger partial charge is 0.483 e. The number of aryl methyl sites for hydroxylation is 2. The van der Waals surface area contributed by atoms with Crippen molar-refractivity contribution in [3.05, 3.63) is 29.3 Å². The van der Waals surface area contributed by atoms with Crippen LogP contribution in [0.3, 0.4) is 0 Å². The lowest BCUT2D eigenvalue weighted by Crippen LogP contribution is -2.43. The van der Waals surface area contributed by atoms with Crippen LogP contribution in [0, 0.1) is 19.8 Å². The molecule has 2 unspecified atom stereocenters. The fourth-order valence-corrected chi connectivity index (χ4v) is 2.30. The zero-order chi connectivity index (χ0) is 18.3. The van der Waals surface area contributed by atoms with Crippen molar-refractivity contribution in [3.63, 3.8) is 0 Å². The van der Waals surface area contributed by atoms with Crippen molar-refractivity contribution in [2.24, 2.45) is 5.92 Å². The fourth-order valence-electron chi connectivity index (χ4n) is 2.30. The maximum Gasteiger partial charge on any atom is 0.310 e. The number of esters is 1. The quantitative estimate of drug-likeness (QED) is 0.731.